The number of fused-ring (bicyclic) bond motifs is 1. The van der Waals surface area contributed by atoms with Gasteiger partial charge in [-0.15, -0.1) is 21.6 Å². The molecule has 10 heteroatoms. The van der Waals surface area contributed by atoms with Crippen molar-refractivity contribution in [1.29, 1.82) is 5.26 Å². The van der Waals surface area contributed by atoms with Crippen LogP contribution in [0.4, 0.5) is 10.7 Å². The van der Waals surface area contributed by atoms with Gasteiger partial charge in [-0.05, 0) is 19.4 Å². The van der Waals surface area contributed by atoms with Crippen molar-refractivity contribution in [3.05, 3.63) is 27.5 Å². The first-order valence-electron chi connectivity index (χ1n) is 10.1. The number of nitrogens with zero attached hydrogens (tertiary/aromatic N) is 7. The average molecular weight is 442 g/mol. The number of hydrogen-bond acceptors (Lipinski definition) is 8. The number of esters is 1. The van der Waals surface area contributed by atoms with E-state index in [2.05, 4.69) is 56.0 Å². The van der Waals surface area contributed by atoms with E-state index in [1.54, 1.807) is 18.5 Å². The Morgan fingerprint density at radius 2 is 1.97 bits per heavy atom. The van der Waals surface area contributed by atoms with Crippen molar-refractivity contribution >= 4 is 33.6 Å². The van der Waals surface area contributed by atoms with Gasteiger partial charge in [-0.3, -0.25) is 0 Å². The van der Waals surface area contributed by atoms with Crippen molar-refractivity contribution in [2.75, 3.05) is 6.61 Å². The molecule has 3 aromatic heterocycles. The van der Waals surface area contributed by atoms with Crippen molar-refractivity contribution in [1.82, 2.24) is 19.4 Å². The molecule has 9 nitrogen and oxygen atoms in total. The summed E-state index contributed by atoms with van der Waals surface area (Å²) in [7, 11) is 1.85. The summed E-state index contributed by atoms with van der Waals surface area (Å²) in [6.07, 6.45) is 0. The number of carbonyl (C=O) groups is 1. The molecule has 31 heavy (non-hydrogen) atoms. The van der Waals surface area contributed by atoms with E-state index in [1.165, 1.54) is 0 Å². The van der Waals surface area contributed by atoms with Crippen molar-refractivity contribution in [3.63, 3.8) is 0 Å². The molecule has 0 aliphatic rings. The molecule has 0 radical (unpaired) electrons. The first-order valence-corrected chi connectivity index (χ1v) is 10.9. The molecule has 0 aromatic carbocycles. The van der Waals surface area contributed by atoms with E-state index in [0.717, 1.165) is 28.5 Å². The molecule has 0 spiro atoms. The summed E-state index contributed by atoms with van der Waals surface area (Å²) in [6.45, 7) is 14.0. The van der Waals surface area contributed by atoms with Crippen molar-refractivity contribution in [2.45, 2.75) is 59.8 Å². The van der Waals surface area contributed by atoms with Crippen LogP contribution in [0.2, 0.25) is 0 Å². The smallest absolute Gasteiger partial charge is 0.341 e. The van der Waals surface area contributed by atoms with Crippen LogP contribution in [0.15, 0.2) is 10.2 Å². The highest BCUT2D eigenvalue weighted by Gasteiger charge is 2.29. The van der Waals surface area contributed by atoms with Crippen LogP contribution >= 0.6 is 11.3 Å². The van der Waals surface area contributed by atoms with Crippen molar-refractivity contribution in [2.24, 2.45) is 17.3 Å². The Morgan fingerprint density at radius 3 is 2.52 bits per heavy atom. The van der Waals surface area contributed by atoms with Gasteiger partial charge in [0.2, 0.25) is 0 Å². The zero-order valence-corrected chi connectivity index (χ0v) is 20.0. The summed E-state index contributed by atoms with van der Waals surface area (Å²) < 4.78 is 8.73. The quantitative estimate of drug-likeness (QED) is 0.393. The van der Waals surface area contributed by atoms with Crippen LogP contribution in [-0.4, -0.2) is 32.0 Å². The van der Waals surface area contributed by atoms with E-state index in [0.29, 0.717) is 21.1 Å². The normalized spacial score (nSPS) is 12.3. The number of hydrogen-bond donors (Lipinski definition) is 0. The molecule has 0 unspecified atom stereocenters. The topological polar surface area (TPSA) is 110 Å². The zero-order valence-electron chi connectivity index (χ0n) is 19.1. The monoisotopic (exact) mass is 441 g/mol. The third-order valence-corrected chi connectivity index (χ3v) is 5.87. The van der Waals surface area contributed by atoms with Gasteiger partial charge >= 0.3 is 5.97 Å². The van der Waals surface area contributed by atoms with Crippen LogP contribution < -0.4 is 0 Å². The van der Waals surface area contributed by atoms with Gasteiger partial charge in [0.1, 0.15) is 16.5 Å². The first-order chi connectivity index (χ1) is 14.5. The number of thiophene rings is 1. The molecule has 3 rings (SSSR count). The van der Waals surface area contributed by atoms with E-state index in [1.807, 2.05) is 11.6 Å². The molecule has 0 saturated heterocycles. The number of aryl methyl sites for hydroxylation is 1. The van der Waals surface area contributed by atoms with Gasteiger partial charge in [0.05, 0.1) is 12.3 Å². The fourth-order valence-electron chi connectivity index (χ4n) is 3.27. The van der Waals surface area contributed by atoms with Gasteiger partial charge in [-0.1, -0.05) is 34.6 Å². The Morgan fingerprint density at radius 1 is 1.29 bits per heavy atom. The van der Waals surface area contributed by atoms with Gasteiger partial charge in [0.25, 0.3) is 0 Å². The van der Waals surface area contributed by atoms with E-state index in [9.17, 15) is 10.1 Å². The molecule has 0 fully saturated rings. The Balaban J connectivity index is 2.23. The number of rotatable bonds is 5. The number of nitriles is 1. The van der Waals surface area contributed by atoms with E-state index in [4.69, 9.17) is 9.84 Å². The molecule has 0 atom stereocenters. The van der Waals surface area contributed by atoms with Gasteiger partial charge < -0.3 is 4.74 Å². The lowest BCUT2D eigenvalue weighted by atomic mass is 9.91. The molecule has 0 aliphatic heterocycles. The highest BCUT2D eigenvalue weighted by molar-refractivity contribution is 7.16. The standard InChI is InChI=1S/C21H27N7O2S/c1-9-30-20(29)14-12(4)13(10-22)31-18(14)24-23-15-16(21(5,6)7)25-28-17(11(2)3)26-27(8)19(15)28/h11H,9H2,1-8H3/b24-23+. The summed E-state index contributed by atoms with van der Waals surface area (Å²) in [5, 5.41) is 28.1. The maximum Gasteiger partial charge on any atom is 0.341 e. The summed E-state index contributed by atoms with van der Waals surface area (Å²) in [4.78, 5) is 12.9. The van der Waals surface area contributed by atoms with E-state index >= 15 is 0 Å². The minimum atomic E-state index is -0.509. The summed E-state index contributed by atoms with van der Waals surface area (Å²) in [6, 6.07) is 2.11. The second-order valence-electron chi connectivity index (χ2n) is 8.59. The van der Waals surface area contributed by atoms with Crippen LogP contribution in [0, 0.1) is 18.3 Å². The lowest BCUT2D eigenvalue weighted by molar-refractivity contribution is 0.0527. The fourth-order valence-corrected chi connectivity index (χ4v) is 4.18. The van der Waals surface area contributed by atoms with E-state index < -0.39 is 5.97 Å². The Kier molecular flexibility index (Phi) is 6.00. The van der Waals surface area contributed by atoms with E-state index in [-0.39, 0.29) is 23.5 Å². The largest absolute Gasteiger partial charge is 0.462 e. The Labute approximate surface area is 185 Å². The van der Waals surface area contributed by atoms with Crippen LogP contribution in [0.1, 0.15) is 79.8 Å². The Hall–Kier alpha value is -3.06. The van der Waals surface area contributed by atoms with Gasteiger partial charge in [-0.25, -0.2) is 9.48 Å². The van der Waals surface area contributed by atoms with Crippen molar-refractivity contribution in [3.8, 4) is 6.07 Å². The van der Waals surface area contributed by atoms with Crippen LogP contribution in [-0.2, 0) is 17.2 Å². The third kappa shape index (κ3) is 3.97. The molecular weight excluding hydrogens is 414 g/mol. The predicted octanol–water partition coefficient (Wildman–Crippen LogP) is 5.32. The zero-order chi connectivity index (χ0) is 23.1. The summed E-state index contributed by atoms with van der Waals surface area (Å²) in [5.41, 5.74) is 2.64. The fraction of sp³-hybridized carbons (Fsp3) is 0.524. The molecule has 164 valence electrons. The van der Waals surface area contributed by atoms with Gasteiger partial charge in [-0.2, -0.15) is 20.0 Å². The van der Waals surface area contributed by atoms with Gasteiger partial charge in [0.15, 0.2) is 22.2 Å². The average Bonchev–Trinajstić information content (AvgIpc) is 3.31. The van der Waals surface area contributed by atoms with Crippen LogP contribution in [0.5, 0.6) is 0 Å². The SMILES string of the molecule is CCOC(=O)c1c(/N=N/c2c(C(C)(C)C)nn3c(C(C)C)nn(C)c23)sc(C#N)c1C. The molecule has 0 amide bonds. The highest BCUT2D eigenvalue weighted by Crippen LogP contribution is 2.40. The summed E-state index contributed by atoms with van der Waals surface area (Å²) >= 11 is 1.12. The maximum atomic E-state index is 12.5. The van der Waals surface area contributed by atoms with Gasteiger partial charge in [0, 0.05) is 18.4 Å². The molecule has 0 saturated carbocycles. The van der Waals surface area contributed by atoms with Crippen molar-refractivity contribution < 1.29 is 9.53 Å². The predicted molar refractivity (Wildman–Crippen MR) is 119 cm³/mol. The lowest BCUT2D eigenvalue weighted by Gasteiger charge is -2.15. The molecule has 0 aliphatic carbocycles. The summed E-state index contributed by atoms with van der Waals surface area (Å²) in [5.74, 6) is 0.496. The number of carbonyl (C=O) groups excluding carboxylic acids is 1. The number of ether oxygens (including phenoxy) is 1. The number of aromatic nitrogens is 4. The highest BCUT2D eigenvalue weighted by atomic mass is 32.1. The minimum Gasteiger partial charge on any atom is -0.462 e. The minimum absolute atomic E-state index is 0.176. The first kappa shape index (κ1) is 22.6. The molecular formula is C21H27N7O2S. The van der Waals surface area contributed by atoms with Crippen LogP contribution in [0.25, 0.3) is 5.65 Å². The Bertz CT molecular complexity index is 1220. The van der Waals surface area contributed by atoms with Crippen LogP contribution in [0.3, 0.4) is 0 Å². The lowest BCUT2D eigenvalue weighted by Crippen LogP contribution is -2.13. The number of azo groups is 1. The third-order valence-electron chi connectivity index (χ3n) is 4.79. The molecule has 0 bridgehead atoms. The maximum absolute atomic E-state index is 12.5. The molecule has 0 N–H and O–H groups in total. The molecule has 3 aromatic rings. The second-order valence-corrected chi connectivity index (χ2v) is 9.59. The molecule has 3 heterocycles. The second kappa shape index (κ2) is 8.23.